The van der Waals surface area contributed by atoms with Crippen molar-refractivity contribution in [2.45, 2.75) is 62.5 Å². The van der Waals surface area contributed by atoms with E-state index in [0.717, 1.165) is 32.1 Å². The van der Waals surface area contributed by atoms with E-state index < -0.39 is 0 Å². The van der Waals surface area contributed by atoms with Crippen molar-refractivity contribution < 1.29 is 9.47 Å². The van der Waals surface area contributed by atoms with Crippen LogP contribution in [-0.4, -0.2) is 74.5 Å². The first-order valence-corrected chi connectivity index (χ1v) is 8.80. The second-order valence-corrected chi connectivity index (χ2v) is 7.06. The van der Waals surface area contributed by atoms with Gasteiger partial charge in [-0.3, -0.25) is 9.89 Å². The highest BCUT2D eigenvalue weighted by molar-refractivity contribution is 14.0. The first kappa shape index (κ1) is 17.7. The van der Waals surface area contributed by atoms with Crippen LogP contribution in [0.25, 0.3) is 0 Å². The monoisotopic (exact) mass is 436 g/mol. The number of rotatable bonds is 3. The average molecular weight is 436 g/mol. The third kappa shape index (κ3) is 3.93. The van der Waals surface area contributed by atoms with Gasteiger partial charge in [-0.2, -0.15) is 0 Å². The molecule has 4 heterocycles. The van der Waals surface area contributed by atoms with Crippen LogP contribution in [0.15, 0.2) is 4.99 Å². The second kappa shape index (κ2) is 7.84. The lowest BCUT2D eigenvalue weighted by Gasteiger charge is -2.35. The first-order valence-electron chi connectivity index (χ1n) is 8.80. The van der Waals surface area contributed by atoms with Gasteiger partial charge in [0, 0.05) is 26.2 Å². The molecule has 7 heteroatoms. The summed E-state index contributed by atoms with van der Waals surface area (Å²) in [4.78, 5) is 6.93. The number of guanidine groups is 1. The van der Waals surface area contributed by atoms with Crippen LogP contribution in [0.5, 0.6) is 0 Å². The van der Waals surface area contributed by atoms with E-state index in [1.165, 1.54) is 32.2 Å². The van der Waals surface area contributed by atoms with Crippen molar-refractivity contribution in [3.63, 3.8) is 0 Å². The quantitative estimate of drug-likeness (QED) is 0.392. The number of hydrogen-bond acceptors (Lipinski definition) is 4. The normalized spacial score (nSPS) is 39.9. The van der Waals surface area contributed by atoms with Gasteiger partial charge in [0.1, 0.15) is 0 Å². The zero-order valence-electron chi connectivity index (χ0n) is 13.9. The standard InChI is InChI=1S/C16H28N4O2.HI/c1-17-16(19-14-7-12-4-5-15(14)22-12)18-8-13-9-20-6-2-3-11(20)10-21-13;/h11-15H,2-10H2,1H3,(H2,17,18,19);1H. The molecule has 5 unspecified atom stereocenters. The molecule has 132 valence electrons. The summed E-state index contributed by atoms with van der Waals surface area (Å²) in [6.45, 7) is 4.00. The van der Waals surface area contributed by atoms with Gasteiger partial charge >= 0.3 is 0 Å². The van der Waals surface area contributed by atoms with E-state index in [1.807, 2.05) is 7.05 Å². The molecule has 4 saturated heterocycles. The Balaban J connectivity index is 0.00000156. The zero-order valence-corrected chi connectivity index (χ0v) is 16.2. The van der Waals surface area contributed by atoms with Crippen molar-refractivity contribution in [2.24, 2.45) is 4.99 Å². The second-order valence-electron chi connectivity index (χ2n) is 7.06. The lowest BCUT2D eigenvalue weighted by molar-refractivity contribution is -0.0453. The van der Waals surface area contributed by atoms with Crippen molar-refractivity contribution in [3.8, 4) is 0 Å². The minimum Gasteiger partial charge on any atom is -0.373 e. The Labute approximate surface area is 155 Å². The fourth-order valence-electron chi connectivity index (χ4n) is 4.38. The Morgan fingerprint density at radius 2 is 2.22 bits per heavy atom. The summed E-state index contributed by atoms with van der Waals surface area (Å²) in [6, 6.07) is 1.08. The summed E-state index contributed by atoms with van der Waals surface area (Å²) in [5.41, 5.74) is 0. The van der Waals surface area contributed by atoms with Gasteiger partial charge in [0.25, 0.3) is 0 Å². The highest BCUT2D eigenvalue weighted by Gasteiger charge is 2.41. The van der Waals surface area contributed by atoms with Crippen LogP contribution in [0.2, 0.25) is 0 Å². The highest BCUT2D eigenvalue weighted by Crippen LogP contribution is 2.34. The number of aliphatic imine (C=N–C) groups is 1. The van der Waals surface area contributed by atoms with E-state index in [2.05, 4.69) is 20.5 Å². The summed E-state index contributed by atoms with van der Waals surface area (Å²) >= 11 is 0. The molecule has 4 aliphatic rings. The molecule has 4 fully saturated rings. The molecule has 2 N–H and O–H groups in total. The maximum Gasteiger partial charge on any atom is 0.191 e. The van der Waals surface area contributed by atoms with Gasteiger partial charge in [-0.15, -0.1) is 24.0 Å². The Hall–Kier alpha value is -0.120. The number of ether oxygens (including phenoxy) is 2. The molecular weight excluding hydrogens is 407 g/mol. The molecule has 0 spiro atoms. The molecule has 0 aliphatic carbocycles. The number of hydrogen-bond donors (Lipinski definition) is 2. The average Bonchev–Trinajstić information content (AvgIpc) is 3.26. The van der Waals surface area contributed by atoms with Gasteiger partial charge in [-0.1, -0.05) is 0 Å². The van der Waals surface area contributed by atoms with E-state index in [1.54, 1.807) is 0 Å². The minimum absolute atomic E-state index is 0. The zero-order chi connectivity index (χ0) is 14.9. The Morgan fingerprint density at radius 3 is 2.96 bits per heavy atom. The number of nitrogens with zero attached hydrogens (tertiary/aromatic N) is 2. The Kier molecular flexibility index (Phi) is 6.03. The van der Waals surface area contributed by atoms with Crippen LogP contribution in [0.4, 0.5) is 0 Å². The molecule has 0 saturated carbocycles. The van der Waals surface area contributed by atoms with Crippen LogP contribution < -0.4 is 10.6 Å². The number of fused-ring (bicyclic) bond motifs is 3. The molecule has 0 aromatic heterocycles. The smallest absolute Gasteiger partial charge is 0.191 e. The molecule has 0 radical (unpaired) electrons. The van der Waals surface area contributed by atoms with Gasteiger partial charge in [-0.25, -0.2) is 0 Å². The maximum atomic E-state index is 5.99. The van der Waals surface area contributed by atoms with E-state index >= 15 is 0 Å². The first-order chi connectivity index (χ1) is 10.8. The topological polar surface area (TPSA) is 58.1 Å². The molecular formula is C16H29IN4O2. The van der Waals surface area contributed by atoms with Crippen LogP contribution in [-0.2, 0) is 9.47 Å². The van der Waals surface area contributed by atoms with Crippen LogP contribution in [0.3, 0.4) is 0 Å². The highest BCUT2D eigenvalue weighted by atomic mass is 127. The Morgan fingerprint density at radius 1 is 1.30 bits per heavy atom. The van der Waals surface area contributed by atoms with Crippen molar-refractivity contribution >= 4 is 29.9 Å². The molecule has 4 aliphatic heterocycles. The lowest BCUT2D eigenvalue weighted by atomic mass is 9.96. The Bertz CT molecular complexity index is 436. The van der Waals surface area contributed by atoms with Gasteiger partial charge < -0.3 is 20.1 Å². The lowest BCUT2D eigenvalue weighted by Crippen LogP contribution is -2.53. The fourth-order valence-corrected chi connectivity index (χ4v) is 4.38. The predicted octanol–water partition coefficient (Wildman–Crippen LogP) is 0.953. The van der Waals surface area contributed by atoms with Crippen molar-refractivity contribution in [1.29, 1.82) is 0 Å². The van der Waals surface area contributed by atoms with Crippen molar-refractivity contribution in [3.05, 3.63) is 0 Å². The number of halogens is 1. The molecule has 4 rings (SSSR count). The third-order valence-corrected chi connectivity index (χ3v) is 5.61. The molecule has 0 aromatic rings. The van der Waals surface area contributed by atoms with Crippen molar-refractivity contribution in [2.75, 3.05) is 33.3 Å². The van der Waals surface area contributed by atoms with Gasteiger partial charge in [0.05, 0.1) is 31.0 Å². The third-order valence-electron chi connectivity index (χ3n) is 5.61. The summed E-state index contributed by atoms with van der Waals surface area (Å²) in [7, 11) is 1.83. The van der Waals surface area contributed by atoms with E-state index in [9.17, 15) is 0 Å². The molecule has 2 bridgehead atoms. The number of morpholine rings is 1. The van der Waals surface area contributed by atoms with Crippen LogP contribution in [0, 0.1) is 0 Å². The number of nitrogens with one attached hydrogen (secondary N) is 2. The molecule has 0 aromatic carbocycles. The maximum absolute atomic E-state index is 5.99. The van der Waals surface area contributed by atoms with Crippen LogP contribution >= 0.6 is 24.0 Å². The fraction of sp³-hybridized carbons (Fsp3) is 0.938. The van der Waals surface area contributed by atoms with E-state index in [-0.39, 0.29) is 30.1 Å². The van der Waals surface area contributed by atoms with Gasteiger partial charge in [0.15, 0.2) is 5.96 Å². The summed E-state index contributed by atoms with van der Waals surface area (Å²) in [5.74, 6) is 0.883. The summed E-state index contributed by atoms with van der Waals surface area (Å²) < 4.78 is 11.9. The van der Waals surface area contributed by atoms with Crippen molar-refractivity contribution in [1.82, 2.24) is 15.5 Å². The molecule has 23 heavy (non-hydrogen) atoms. The summed E-state index contributed by atoms with van der Waals surface area (Å²) in [6.07, 6.45) is 7.25. The molecule has 0 amide bonds. The van der Waals surface area contributed by atoms with Crippen LogP contribution in [0.1, 0.15) is 32.1 Å². The molecule has 5 atom stereocenters. The predicted molar refractivity (Wildman–Crippen MR) is 101 cm³/mol. The van der Waals surface area contributed by atoms with E-state index in [0.29, 0.717) is 24.3 Å². The van der Waals surface area contributed by atoms with Gasteiger partial charge in [0.2, 0.25) is 0 Å². The van der Waals surface area contributed by atoms with Gasteiger partial charge in [-0.05, 0) is 38.6 Å². The SMILES string of the molecule is CN=C(NCC1CN2CCCC2CO1)NC1CC2CCC1O2.I. The van der Waals surface area contributed by atoms with E-state index in [4.69, 9.17) is 9.47 Å². The summed E-state index contributed by atoms with van der Waals surface area (Å²) in [5, 5.41) is 6.96. The largest absolute Gasteiger partial charge is 0.373 e. The minimum atomic E-state index is 0. The molecule has 6 nitrogen and oxygen atoms in total.